The van der Waals surface area contributed by atoms with E-state index in [2.05, 4.69) is 0 Å². The molecule has 0 saturated carbocycles. The van der Waals surface area contributed by atoms with Gasteiger partial charge in [0.25, 0.3) is 0 Å². The van der Waals surface area contributed by atoms with Gasteiger partial charge >= 0.3 is 5.97 Å². The maximum atomic E-state index is 10.8. The molecular formula is C9H14O3. The van der Waals surface area contributed by atoms with Crippen molar-refractivity contribution < 1.29 is 14.3 Å². The molecule has 0 atom stereocenters. The highest BCUT2D eigenvalue weighted by Gasteiger charge is 2.02. The molecule has 0 aliphatic rings. The number of allylic oxidation sites excluding steroid dienone is 2. The average molecular weight is 170 g/mol. The van der Waals surface area contributed by atoms with Crippen LogP contribution in [0, 0.1) is 0 Å². The lowest BCUT2D eigenvalue weighted by Crippen LogP contribution is -2.04. The van der Waals surface area contributed by atoms with E-state index in [1.165, 1.54) is 0 Å². The van der Waals surface area contributed by atoms with Crippen LogP contribution in [0.5, 0.6) is 0 Å². The van der Waals surface area contributed by atoms with Gasteiger partial charge in [-0.1, -0.05) is 6.08 Å². The monoisotopic (exact) mass is 170 g/mol. The molecule has 3 heteroatoms. The van der Waals surface area contributed by atoms with E-state index in [1.807, 2.05) is 0 Å². The quantitative estimate of drug-likeness (QED) is 0.356. The highest BCUT2D eigenvalue weighted by molar-refractivity contribution is 5.76. The fraction of sp³-hybridized carbons (Fsp3) is 0.556. The van der Waals surface area contributed by atoms with E-state index in [0.717, 1.165) is 6.29 Å². The van der Waals surface area contributed by atoms with Gasteiger partial charge in [0, 0.05) is 6.42 Å². The minimum atomic E-state index is -0.251. The Bertz CT molecular complexity index is 182. The molecule has 0 N–H and O–H groups in total. The fourth-order valence-electron chi connectivity index (χ4n) is 0.751. The summed E-state index contributed by atoms with van der Waals surface area (Å²) in [5, 5.41) is 0. The van der Waals surface area contributed by atoms with E-state index in [9.17, 15) is 9.59 Å². The predicted molar refractivity (Wildman–Crippen MR) is 45.7 cm³/mol. The van der Waals surface area contributed by atoms with Gasteiger partial charge in [0.2, 0.25) is 0 Å². The van der Waals surface area contributed by atoms with Gasteiger partial charge < -0.3 is 4.74 Å². The Labute approximate surface area is 72.4 Å². The predicted octanol–water partition coefficient (Wildman–Crippen LogP) is 1.47. The highest BCUT2D eigenvalue weighted by Crippen LogP contribution is 2.02. The smallest absolute Gasteiger partial charge is 0.306 e. The molecule has 68 valence electrons. The first-order chi connectivity index (χ1) is 5.74. The minimum Gasteiger partial charge on any atom is -0.466 e. The summed E-state index contributed by atoms with van der Waals surface area (Å²) in [6.07, 6.45) is 3.22. The van der Waals surface area contributed by atoms with Crippen molar-refractivity contribution in [1.82, 2.24) is 0 Å². The van der Waals surface area contributed by atoms with Crippen molar-refractivity contribution in [3.8, 4) is 0 Å². The topological polar surface area (TPSA) is 43.4 Å². The van der Waals surface area contributed by atoms with Crippen molar-refractivity contribution in [3.05, 3.63) is 11.6 Å². The van der Waals surface area contributed by atoms with E-state index in [-0.39, 0.29) is 12.4 Å². The van der Waals surface area contributed by atoms with E-state index in [0.29, 0.717) is 18.6 Å². The molecule has 0 saturated heterocycles. The van der Waals surface area contributed by atoms with Crippen molar-refractivity contribution >= 4 is 12.3 Å². The normalized spacial score (nSPS) is 11.0. The van der Waals surface area contributed by atoms with E-state index < -0.39 is 0 Å². The number of ether oxygens (including phenoxy) is 1. The standard InChI is InChI=1S/C9H14O3/c1-3-8(7-10)5-6-9(11)12-4-2/h3,7H,4-6H2,1-2H3/b8-3+. The molecule has 0 unspecified atom stereocenters. The van der Waals surface area contributed by atoms with Gasteiger partial charge in [-0.15, -0.1) is 0 Å². The molecule has 0 rings (SSSR count). The number of hydrogen-bond donors (Lipinski definition) is 0. The summed E-state index contributed by atoms with van der Waals surface area (Å²) in [7, 11) is 0. The zero-order chi connectivity index (χ0) is 9.40. The summed E-state index contributed by atoms with van der Waals surface area (Å²) < 4.78 is 4.70. The van der Waals surface area contributed by atoms with Crippen LogP contribution >= 0.6 is 0 Å². The highest BCUT2D eigenvalue weighted by atomic mass is 16.5. The number of carbonyl (C=O) groups excluding carboxylic acids is 2. The molecule has 0 aliphatic heterocycles. The molecule has 0 aromatic heterocycles. The van der Waals surface area contributed by atoms with Gasteiger partial charge in [-0.05, 0) is 25.8 Å². The zero-order valence-corrected chi connectivity index (χ0v) is 7.50. The van der Waals surface area contributed by atoms with Crippen LogP contribution in [0.3, 0.4) is 0 Å². The third-order valence-electron chi connectivity index (χ3n) is 1.45. The van der Waals surface area contributed by atoms with Gasteiger partial charge in [-0.2, -0.15) is 0 Å². The molecule has 0 fully saturated rings. The Morgan fingerprint density at radius 2 is 2.08 bits per heavy atom. The molecule has 0 radical (unpaired) electrons. The minimum absolute atomic E-state index is 0.251. The van der Waals surface area contributed by atoms with E-state index in [4.69, 9.17) is 4.74 Å². The van der Waals surface area contributed by atoms with Gasteiger partial charge in [0.1, 0.15) is 6.29 Å². The second-order valence-corrected chi connectivity index (χ2v) is 2.29. The van der Waals surface area contributed by atoms with E-state index in [1.54, 1.807) is 19.9 Å². The summed E-state index contributed by atoms with van der Waals surface area (Å²) in [5.74, 6) is -0.251. The third kappa shape index (κ3) is 4.66. The molecule has 3 nitrogen and oxygen atoms in total. The molecular weight excluding hydrogens is 156 g/mol. The van der Waals surface area contributed by atoms with Crippen molar-refractivity contribution in [2.24, 2.45) is 0 Å². The Morgan fingerprint density at radius 3 is 2.50 bits per heavy atom. The number of aldehydes is 1. The first-order valence-corrected chi connectivity index (χ1v) is 4.00. The third-order valence-corrected chi connectivity index (χ3v) is 1.45. The largest absolute Gasteiger partial charge is 0.466 e. The first kappa shape index (κ1) is 10.9. The maximum Gasteiger partial charge on any atom is 0.306 e. The van der Waals surface area contributed by atoms with Crippen LogP contribution in [0.4, 0.5) is 0 Å². The van der Waals surface area contributed by atoms with Crippen molar-refractivity contribution in [2.75, 3.05) is 6.61 Å². The lowest BCUT2D eigenvalue weighted by atomic mass is 10.1. The van der Waals surface area contributed by atoms with Gasteiger partial charge in [0.05, 0.1) is 6.61 Å². The first-order valence-electron chi connectivity index (χ1n) is 4.00. The molecule has 12 heavy (non-hydrogen) atoms. The number of rotatable bonds is 5. The van der Waals surface area contributed by atoms with Gasteiger partial charge in [0.15, 0.2) is 0 Å². The van der Waals surface area contributed by atoms with E-state index >= 15 is 0 Å². The summed E-state index contributed by atoms with van der Waals surface area (Å²) in [6, 6.07) is 0. The molecule has 0 aromatic carbocycles. The molecule has 0 spiro atoms. The van der Waals surface area contributed by atoms with Crippen molar-refractivity contribution in [1.29, 1.82) is 0 Å². The molecule has 0 bridgehead atoms. The van der Waals surface area contributed by atoms with Crippen molar-refractivity contribution in [3.63, 3.8) is 0 Å². The second-order valence-electron chi connectivity index (χ2n) is 2.29. The van der Waals surface area contributed by atoms with Gasteiger partial charge in [-0.25, -0.2) is 0 Å². The summed E-state index contributed by atoms with van der Waals surface area (Å²) >= 11 is 0. The molecule has 0 aliphatic carbocycles. The number of carbonyl (C=O) groups is 2. The van der Waals surface area contributed by atoms with Crippen LogP contribution in [0.2, 0.25) is 0 Å². The zero-order valence-electron chi connectivity index (χ0n) is 7.50. The maximum absolute atomic E-state index is 10.8. The second kappa shape index (κ2) is 6.58. The Morgan fingerprint density at radius 1 is 1.42 bits per heavy atom. The van der Waals surface area contributed by atoms with Gasteiger partial charge in [-0.3, -0.25) is 9.59 Å². The Kier molecular flexibility index (Phi) is 5.97. The lowest BCUT2D eigenvalue weighted by molar-refractivity contribution is -0.143. The number of esters is 1. The summed E-state index contributed by atoms with van der Waals surface area (Å²) in [6.45, 7) is 3.92. The van der Waals surface area contributed by atoms with Crippen molar-refractivity contribution in [2.45, 2.75) is 26.7 Å². The summed E-state index contributed by atoms with van der Waals surface area (Å²) in [4.78, 5) is 21.1. The van der Waals surface area contributed by atoms with Crippen LogP contribution in [-0.2, 0) is 14.3 Å². The molecule has 0 amide bonds. The van der Waals surface area contributed by atoms with Crippen LogP contribution in [0.15, 0.2) is 11.6 Å². The SMILES string of the molecule is C/C=C(/C=O)CCC(=O)OCC. The Hall–Kier alpha value is -1.12. The van der Waals surface area contributed by atoms with Crippen LogP contribution in [0.1, 0.15) is 26.7 Å². The van der Waals surface area contributed by atoms with Crippen LogP contribution in [0.25, 0.3) is 0 Å². The van der Waals surface area contributed by atoms with Crippen LogP contribution in [-0.4, -0.2) is 18.9 Å². The van der Waals surface area contributed by atoms with Crippen LogP contribution < -0.4 is 0 Å². The lowest BCUT2D eigenvalue weighted by Gasteiger charge is -2.00. The summed E-state index contributed by atoms with van der Waals surface area (Å²) in [5.41, 5.74) is 0.642. The average Bonchev–Trinajstić information content (AvgIpc) is 2.07. The number of hydrogen-bond acceptors (Lipinski definition) is 3. The fourth-order valence-corrected chi connectivity index (χ4v) is 0.751. The molecule has 0 heterocycles. The molecule has 0 aromatic rings. The Balaban J connectivity index is 3.67.